The third-order valence-corrected chi connectivity index (χ3v) is 9.03. The summed E-state index contributed by atoms with van der Waals surface area (Å²) < 4.78 is 5.34. The highest BCUT2D eigenvalue weighted by atomic mass is 32.2. The molecular formula is C28H48N2O5S. The molecule has 1 amide bonds. The molecule has 4 fully saturated rings. The molecule has 2 aliphatic heterocycles. The zero-order valence-corrected chi connectivity index (χ0v) is 23.9. The van der Waals surface area contributed by atoms with Crippen LogP contribution in [0.5, 0.6) is 0 Å². The van der Waals surface area contributed by atoms with Crippen LogP contribution in [0.15, 0.2) is 0 Å². The lowest BCUT2D eigenvalue weighted by Crippen LogP contribution is -2.48. The zero-order valence-electron chi connectivity index (χ0n) is 23.1. The molecule has 206 valence electrons. The first-order valence-corrected chi connectivity index (χ1v) is 14.9. The van der Waals surface area contributed by atoms with Gasteiger partial charge in [-0.05, 0) is 84.2 Å². The molecule has 4 rings (SSSR count). The van der Waals surface area contributed by atoms with Gasteiger partial charge in [0.1, 0.15) is 5.60 Å². The fourth-order valence-corrected chi connectivity index (χ4v) is 6.40. The van der Waals surface area contributed by atoms with Crippen molar-refractivity contribution in [2.75, 3.05) is 26.2 Å². The van der Waals surface area contributed by atoms with Gasteiger partial charge in [-0.1, -0.05) is 51.3 Å². The summed E-state index contributed by atoms with van der Waals surface area (Å²) in [6.45, 7) is 12.8. The largest absolute Gasteiger partial charge is 0.481 e. The number of carbonyl (C=O) groups is 3. The van der Waals surface area contributed by atoms with E-state index in [1.165, 1.54) is 12.8 Å². The number of rotatable bonds is 7. The number of aliphatic carboxylic acids is 1. The summed E-state index contributed by atoms with van der Waals surface area (Å²) in [7, 11) is 0. The molecule has 2 saturated carbocycles. The van der Waals surface area contributed by atoms with Crippen LogP contribution in [0.25, 0.3) is 0 Å². The first-order valence-electron chi connectivity index (χ1n) is 14.0. The molecule has 0 radical (unpaired) electrons. The SMILES string of the molecule is CC(C)(C)OC(=O)N1CCC(CC2CC2)(C(=O)O)CC1.CC(C)SC(=O)C1(CC2CC2)CCNCC1. The third-order valence-electron chi connectivity index (χ3n) is 7.92. The maximum atomic E-state index is 12.4. The highest BCUT2D eigenvalue weighted by Gasteiger charge is 2.46. The zero-order chi connectivity index (χ0) is 26.6. The van der Waals surface area contributed by atoms with Crippen molar-refractivity contribution in [3.63, 3.8) is 0 Å². The molecule has 2 N–H and O–H groups in total. The Morgan fingerprint density at radius 3 is 1.86 bits per heavy atom. The van der Waals surface area contributed by atoms with Gasteiger partial charge in [0.2, 0.25) is 0 Å². The summed E-state index contributed by atoms with van der Waals surface area (Å²) in [4.78, 5) is 37.7. The molecule has 0 bridgehead atoms. The monoisotopic (exact) mass is 524 g/mol. The lowest BCUT2D eigenvalue weighted by Gasteiger charge is -2.39. The van der Waals surface area contributed by atoms with Crippen molar-refractivity contribution in [3.05, 3.63) is 0 Å². The van der Waals surface area contributed by atoms with Crippen molar-refractivity contribution in [3.8, 4) is 0 Å². The number of likely N-dealkylation sites (tertiary alicyclic amines) is 1. The molecule has 7 nitrogen and oxygen atoms in total. The Balaban J connectivity index is 0.000000205. The number of nitrogens with zero attached hydrogens (tertiary/aromatic N) is 1. The number of carbonyl (C=O) groups excluding carboxylic acids is 2. The van der Waals surface area contributed by atoms with Crippen LogP contribution < -0.4 is 5.32 Å². The lowest BCUT2D eigenvalue weighted by molar-refractivity contribution is -0.153. The van der Waals surface area contributed by atoms with E-state index >= 15 is 0 Å². The van der Waals surface area contributed by atoms with Gasteiger partial charge in [0.15, 0.2) is 5.12 Å². The van der Waals surface area contributed by atoms with Gasteiger partial charge in [-0.2, -0.15) is 0 Å². The van der Waals surface area contributed by atoms with Gasteiger partial charge in [0, 0.05) is 23.8 Å². The molecule has 0 atom stereocenters. The number of hydrogen-bond donors (Lipinski definition) is 2. The summed E-state index contributed by atoms with van der Waals surface area (Å²) >= 11 is 1.56. The smallest absolute Gasteiger partial charge is 0.410 e. The summed E-state index contributed by atoms with van der Waals surface area (Å²) in [6.07, 6.45) is 9.82. The number of ether oxygens (including phenoxy) is 1. The second-order valence-electron chi connectivity index (χ2n) is 12.8. The molecule has 0 unspecified atom stereocenters. The van der Waals surface area contributed by atoms with Crippen molar-refractivity contribution < 1.29 is 24.2 Å². The van der Waals surface area contributed by atoms with Gasteiger partial charge in [0.05, 0.1) is 5.41 Å². The van der Waals surface area contributed by atoms with E-state index in [0.29, 0.717) is 42.2 Å². The minimum atomic E-state index is -0.701. The Labute approximate surface area is 221 Å². The molecule has 36 heavy (non-hydrogen) atoms. The maximum Gasteiger partial charge on any atom is 0.410 e. The molecule has 0 aromatic carbocycles. The van der Waals surface area contributed by atoms with E-state index in [-0.39, 0.29) is 11.5 Å². The molecule has 8 heteroatoms. The molecule has 0 spiro atoms. The minimum Gasteiger partial charge on any atom is -0.481 e. The van der Waals surface area contributed by atoms with Crippen LogP contribution in [0.3, 0.4) is 0 Å². The van der Waals surface area contributed by atoms with Crippen molar-refractivity contribution in [2.24, 2.45) is 22.7 Å². The highest BCUT2D eigenvalue weighted by molar-refractivity contribution is 8.14. The summed E-state index contributed by atoms with van der Waals surface area (Å²) in [5.41, 5.74) is -1.12. The number of carboxylic acid groups (broad SMARTS) is 1. The van der Waals surface area contributed by atoms with Crippen LogP contribution in [-0.2, 0) is 14.3 Å². The predicted octanol–water partition coefficient (Wildman–Crippen LogP) is 5.71. The average molecular weight is 525 g/mol. The Morgan fingerprint density at radius 2 is 1.44 bits per heavy atom. The fraction of sp³-hybridized carbons (Fsp3) is 0.893. The molecule has 0 aromatic heterocycles. The molecular weight excluding hydrogens is 476 g/mol. The van der Waals surface area contributed by atoms with Crippen molar-refractivity contribution in [1.29, 1.82) is 0 Å². The first kappa shape index (κ1) is 29.3. The molecule has 4 aliphatic rings. The second kappa shape index (κ2) is 12.1. The molecule has 2 heterocycles. The minimum absolute atomic E-state index is 0.0152. The van der Waals surface area contributed by atoms with E-state index in [2.05, 4.69) is 19.2 Å². The summed E-state index contributed by atoms with van der Waals surface area (Å²) in [6, 6.07) is 0. The van der Waals surface area contributed by atoms with Gasteiger partial charge in [-0.25, -0.2) is 4.79 Å². The Morgan fingerprint density at radius 1 is 0.944 bits per heavy atom. The third kappa shape index (κ3) is 8.64. The van der Waals surface area contributed by atoms with E-state index in [0.717, 1.165) is 57.5 Å². The van der Waals surface area contributed by atoms with Crippen LogP contribution in [-0.4, -0.2) is 64.2 Å². The number of piperidine rings is 2. The topological polar surface area (TPSA) is 95.9 Å². The fourth-order valence-electron chi connectivity index (χ4n) is 5.43. The maximum absolute atomic E-state index is 12.4. The number of hydrogen-bond acceptors (Lipinski definition) is 6. The van der Waals surface area contributed by atoms with Gasteiger partial charge in [-0.15, -0.1) is 0 Å². The molecule has 0 aromatic rings. The van der Waals surface area contributed by atoms with Crippen LogP contribution >= 0.6 is 11.8 Å². The van der Waals surface area contributed by atoms with Crippen molar-refractivity contribution in [2.45, 2.75) is 110 Å². The van der Waals surface area contributed by atoms with E-state index in [9.17, 15) is 19.5 Å². The van der Waals surface area contributed by atoms with Gasteiger partial charge < -0.3 is 20.1 Å². The summed E-state index contributed by atoms with van der Waals surface area (Å²) in [5.74, 6) is 0.738. The van der Waals surface area contributed by atoms with Gasteiger partial charge in [0.25, 0.3) is 0 Å². The number of amides is 1. The van der Waals surface area contributed by atoms with E-state index < -0.39 is 17.0 Å². The Bertz CT molecular complexity index is 771. The van der Waals surface area contributed by atoms with E-state index in [1.54, 1.807) is 16.7 Å². The lowest BCUT2D eigenvalue weighted by atomic mass is 9.74. The summed E-state index contributed by atoms with van der Waals surface area (Å²) in [5, 5.41) is 13.8. The van der Waals surface area contributed by atoms with Gasteiger partial charge in [-0.3, -0.25) is 9.59 Å². The molecule has 2 saturated heterocycles. The Hall–Kier alpha value is -1.28. The molecule has 2 aliphatic carbocycles. The van der Waals surface area contributed by atoms with E-state index in [1.807, 2.05) is 20.8 Å². The van der Waals surface area contributed by atoms with E-state index in [4.69, 9.17) is 4.74 Å². The van der Waals surface area contributed by atoms with Crippen molar-refractivity contribution in [1.82, 2.24) is 10.2 Å². The van der Waals surface area contributed by atoms with Crippen LogP contribution in [0.4, 0.5) is 4.79 Å². The standard InChI is InChI=1S/C15H25NO4.C13H23NOS/c1-14(2,3)20-13(19)16-8-6-15(7-9-16,12(17)18)10-11-4-5-11;1-10(2)16-12(15)13(9-11-3-4-11)5-7-14-8-6-13/h11H,4-10H2,1-3H3,(H,17,18);10-11,14H,3-9H2,1-2H3. The van der Waals surface area contributed by atoms with Crippen LogP contribution in [0.1, 0.15) is 98.8 Å². The average Bonchev–Trinajstić information content (AvgIpc) is 3.71. The quantitative estimate of drug-likeness (QED) is 0.440. The van der Waals surface area contributed by atoms with Crippen LogP contribution in [0.2, 0.25) is 0 Å². The second-order valence-corrected chi connectivity index (χ2v) is 14.4. The van der Waals surface area contributed by atoms with Gasteiger partial charge >= 0.3 is 12.1 Å². The Kier molecular flexibility index (Phi) is 9.81. The first-order chi connectivity index (χ1) is 16.8. The highest BCUT2D eigenvalue weighted by Crippen LogP contribution is 2.48. The predicted molar refractivity (Wildman–Crippen MR) is 144 cm³/mol. The number of carboxylic acids is 1. The van der Waals surface area contributed by atoms with Crippen molar-refractivity contribution >= 4 is 28.9 Å². The number of nitrogens with one attached hydrogen (secondary N) is 1. The number of thioether (sulfide) groups is 1. The normalized spacial score (nSPS) is 23.4. The van der Waals surface area contributed by atoms with Crippen LogP contribution in [0, 0.1) is 22.7 Å².